The number of benzene rings is 1. The van der Waals surface area contributed by atoms with Gasteiger partial charge in [-0.25, -0.2) is 0 Å². The van der Waals surface area contributed by atoms with Crippen molar-refractivity contribution in [1.82, 2.24) is 4.90 Å². The zero-order valence-corrected chi connectivity index (χ0v) is 21.4. The van der Waals surface area contributed by atoms with Crippen LogP contribution in [0.1, 0.15) is 67.7 Å². The summed E-state index contributed by atoms with van der Waals surface area (Å²) in [7, 11) is 0. The molecular weight excluding hydrogens is 398 g/mol. The van der Waals surface area contributed by atoms with Crippen LogP contribution >= 0.6 is 0 Å². The number of nitrogens with zero attached hydrogens (tertiary/aromatic N) is 2. The van der Waals surface area contributed by atoms with Crippen LogP contribution in [-0.4, -0.2) is 49.1 Å². The SMILES string of the molecule is CC(C)=CCN(c1ccc(OCC(C)(C)C)cc1)C1CCCN(C(=O)C(N)CC(C)C)C1. The van der Waals surface area contributed by atoms with Crippen molar-refractivity contribution in [2.24, 2.45) is 17.1 Å². The van der Waals surface area contributed by atoms with Gasteiger partial charge in [-0.05, 0) is 68.7 Å². The molecular formula is C27H45N3O2. The van der Waals surface area contributed by atoms with Gasteiger partial charge in [0.25, 0.3) is 0 Å². The lowest BCUT2D eigenvalue weighted by Crippen LogP contribution is -2.54. The molecule has 0 spiro atoms. The monoisotopic (exact) mass is 443 g/mol. The Hall–Kier alpha value is -2.01. The van der Waals surface area contributed by atoms with Gasteiger partial charge in [0.15, 0.2) is 0 Å². The van der Waals surface area contributed by atoms with Gasteiger partial charge in [-0.3, -0.25) is 4.79 Å². The van der Waals surface area contributed by atoms with E-state index in [-0.39, 0.29) is 17.4 Å². The van der Waals surface area contributed by atoms with Crippen LogP contribution in [0.5, 0.6) is 5.75 Å². The van der Waals surface area contributed by atoms with Gasteiger partial charge in [0, 0.05) is 31.4 Å². The Labute approximate surface area is 196 Å². The molecule has 1 aliphatic rings. The molecule has 180 valence electrons. The smallest absolute Gasteiger partial charge is 0.239 e. The zero-order valence-electron chi connectivity index (χ0n) is 21.4. The average Bonchev–Trinajstić information content (AvgIpc) is 2.71. The van der Waals surface area contributed by atoms with Crippen LogP contribution in [0.4, 0.5) is 5.69 Å². The first-order valence-corrected chi connectivity index (χ1v) is 12.1. The first-order chi connectivity index (χ1) is 15.0. The predicted molar refractivity (Wildman–Crippen MR) is 135 cm³/mol. The van der Waals surface area contributed by atoms with Crippen molar-refractivity contribution < 1.29 is 9.53 Å². The number of hydrogen-bond acceptors (Lipinski definition) is 4. The molecule has 5 heteroatoms. The van der Waals surface area contributed by atoms with Crippen molar-refractivity contribution >= 4 is 11.6 Å². The third-order valence-electron chi connectivity index (χ3n) is 5.73. The van der Waals surface area contributed by atoms with E-state index in [2.05, 4.69) is 83.7 Å². The van der Waals surface area contributed by atoms with Crippen LogP contribution in [0, 0.1) is 11.3 Å². The Kier molecular flexibility index (Phi) is 9.63. The maximum Gasteiger partial charge on any atom is 0.239 e. The quantitative estimate of drug-likeness (QED) is 0.530. The van der Waals surface area contributed by atoms with E-state index in [1.807, 2.05) is 4.90 Å². The molecule has 0 radical (unpaired) electrons. The molecule has 5 nitrogen and oxygen atoms in total. The van der Waals surface area contributed by atoms with Crippen molar-refractivity contribution in [3.05, 3.63) is 35.9 Å². The standard InChI is InChI=1S/C27H45N3O2/c1-20(2)14-16-30(22-10-12-24(13-11-22)32-19-27(5,6)7)23-9-8-15-29(18-23)26(31)25(28)17-21(3)4/h10-14,21,23,25H,8-9,15-19,28H2,1-7H3. The van der Waals surface area contributed by atoms with E-state index >= 15 is 0 Å². The average molecular weight is 444 g/mol. The Morgan fingerprint density at radius 2 is 1.91 bits per heavy atom. The molecule has 0 aliphatic carbocycles. The molecule has 32 heavy (non-hydrogen) atoms. The van der Waals surface area contributed by atoms with Crippen LogP contribution in [0.15, 0.2) is 35.9 Å². The number of carbonyl (C=O) groups is 1. The molecule has 1 aromatic carbocycles. The molecule has 1 amide bonds. The Balaban J connectivity index is 2.15. The number of carbonyl (C=O) groups excluding carboxylic acids is 1. The fraction of sp³-hybridized carbons (Fsp3) is 0.667. The molecule has 0 aromatic heterocycles. The minimum Gasteiger partial charge on any atom is -0.493 e. The molecule has 2 atom stereocenters. The number of rotatable bonds is 9. The maximum atomic E-state index is 13.0. The van der Waals surface area contributed by atoms with Crippen molar-refractivity contribution in [2.75, 3.05) is 31.1 Å². The van der Waals surface area contributed by atoms with E-state index in [4.69, 9.17) is 10.5 Å². The van der Waals surface area contributed by atoms with Crippen molar-refractivity contribution in [3.8, 4) is 5.75 Å². The summed E-state index contributed by atoms with van der Waals surface area (Å²) in [5.41, 5.74) is 8.81. The third kappa shape index (κ3) is 8.50. The molecule has 1 aliphatic heterocycles. The minimum atomic E-state index is -0.403. The predicted octanol–water partition coefficient (Wildman–Crippen LogP) is 5.25. The highest BCUT2D eigenvalue weighted by Gasteiger charge is 2.30. The first-order valence-electron chi connectivity index (χ1n) is 12.1. The van der Waals surface area contributed by atoms with E-state index in [0.29, 0.717) is 12.5 Å². The largest absolute Gasteiger partial charge is 0.493 e. The topological polar surface area (TPSA) is 58.8 Å². The molecule has 1 fully saturated rings. The van der Waals surface area contributed by atoms with Gasteiger partial charge < -0.3 is 20.3 Å². The number of nitrogens with two attached hydrogens (primary N) is 1. The van der Waals surface area contributed by atoms with E-state index in [9.17, 15) is 4.79 Å². The molecule has 1 aromatic rings. The van der Waals surface area contributed by atoms with Gasteiger partial charge >= 0.3 is 0 Å². The van der Waals surface area contributed by atoms with Gasteiger partial charge in [-0.2, -0.15) is 0 Å². The lowest BCUT2D eigenvalue weighted by atomic mass is 9.99. The lowest BCUT2D eigenvalue weighted by Gasteiger charge is -2.41. The summed E-state index contributed by atoms with van der Waals surface area (Å²) in [5, 5.41) is 0. The number of ether oxygens (including phenoxy) is 1. The second-order valence-corrected chi connectivity index (χ2v) is 11.1. The summed E-state index contributed by atoms with van der Waals surface area (Å²) >= 11 is 0. The summed E-state index contributed by atoms with van der Waals surface area (Å²) < 4.78 is 5.96. The van der Waals surface area contributed by atoms with Crippen LogP contribution in [0.2, 0.25) is 0 Å². The van der Waals surface area contributed by atoms with Gasteiger partial charge in [-0.15, -0.1) is 0 Å². The highest BCUT2D eigenvalue weighted by atomic mass is 16.5. The fourth-order valence-corrected chi connectivity index (χ4v) is 4.03. The van der Waals surface area contributed by atoms with E-state index < -0.39 is 6.04 Å². The molecule has 0 saturated carbocycles. The number of amides is 1. The molecule has 1 heterocycles. The Morgan fingerprint density at radius 1 is 1.25 bits per heavy atom. The molecule has 1 saturated heterocycles. The van der Waals surface area contributed by atoms with Gasteiger partial charge in [-0.1, -0.05) is 46.3 Å². The molecule has 2 unspecified atom stereocenters. The van der Waals surface area contributed by atoms with Gasteiger partial charge in [0.2, 0.25) is 5.91 Å². The van der Waals surface area contributed by atoms with Crippen LogP contribution < -0.4 is 15.4 Å². The van der Waals surface area contributed by atoms with Crippen molar-refractivity contribution in [2.45, 2.75) is 79.8 Å². The second kappa shape index (κ2) is 11.7. The van der Waals surface area contributed by atoms with Crippen molar-refractivity contribution in [1.29, 1.82) is 0 Å². The summed E-state index contributed by atoms with van der Waals surface area (Å²) in [6.45, 7) is 18.0. The second-order valence-electron chi connectivity index (χ2n) is 11.1. The molecule has 2 rings (SSSR count). The number of piperidine rings is 1. The number of allylic oxidation sites excluding steroid dienone is 1. The fourth-order valence-electron chi connectivity index (χ4n) is 4.03. The number of likely N-dealkylation sites (tertiary alicyclic amines) is 1. The maximum absolute atomic E-state index is 13.0. The van der Waals surface area contributed by atoms with Crippen LogP contribution in [0.25, 0.3) is 0 Å². The number of hydrogen-bond donors (Lipinski definition) is 1. The number of anilines is 1. The minimum absolute atomic E-state index is 0.0940. The highest BCUT2D eigenvalue weighted by Crippen LogP contribution is 2.27. The van der Waals surface area contributed by atoms with Crippen molar-refractivity contribution in [3.63, 3.8) is 0 Å². The Bertz CT molecular complexity index is 745. The lowest BCUT2D eigenvalue weighted by molar-refractivity contribution is -0.134. The summed E-state index contributed by atoms with van der Waals surface area (Å²) in [6, 6.07) is 8.27. The normalized spacial score (nSPS) is 17.8. The van der Waals surface area contributed by atoms with Gasteiger partial charge in [0.1, 0.15) is 5.75 Å². The van der Waals surface area contributed by atoms with E-state index in [1.165, 1.54) is 5.57 Å². The van der Waals surface area contributed by atoms with Crippen LogP contribution in [0.3, 0.4) is 0 Å². The summed E-state index contributed by atoms with van der Waals surface area (Å²) in [4.78, 5) is 17.4. The zero-order chi connectivity index (χ0) is 23.9. The third-order valence-corrected chi connectivity index (χ3v) is 5.73. The molecule has 2 N–H and O–H groups in total. The van der Waals surface area contributed by atoms with Gasteiger partial charge in [0.05, 0.1) is 12.6 Å². The van der Waals surface area contributed by atoms with E-state index in [1.54, 1.807) is 0 Å². The summed E-state index contributed by atoms with van der Waals surface area (Å²) in [6.07, 6.45) is 5.07. The first kappa shape index (κ1) is 26.2. The Morgan fingerprint density at radius 3 is 2.47 bits per heavy atom. The summed E-state index contributed by atoms with van der Waals surface area (Å²) in [5.74, 6) is 1.41. The van der Waals surface area contributed by atoms with E-state index in [0.717, 1.165) is 50.3 Å². The highest BCUT2D eigenvalue weighted by molar-refractivity contribution is 5.81. The molecule has 0 bridgehead atoms. The van der Waals surface area contributed by atoms with Crippen LogP contribution in [-0.2, 0) is 4.79 Å².